The summed E-state index contributed by atoms with van der Waals surface area (Å²) in [5.41, 5.74) is 0.796. The second-order valence-corrected chi connectivity index (χ2v) is 9.93. The Morgan fingerprint density at radius 3 is 2.32 bits per heavy atom. The van der Waals surface area contributed by atoms with Crippen molar-refractivity contribution in [3.8, 4) is 11.5 Å². The molecule has 2 aromatic rings. The van der Waals surface area contributed by atoms with Crippen molar-refractivity contribution in [2.75, 3.05) is 40.4 Å². The average molecular weight is 445 g/mol. The topological polar surface area (TPSA) is 76.1 Å². The van der Waals surface area contributed by atoms with Gasteiger partial charge in [0.25, 0.3) is 0 Å². The number of ether oxygens (including phenoxy) is 2. The van der Waals surface area contributed by atoms with Gasteiger partial charge in [0.15, 0.2) is 0 Å². The van der Waals surface area contributed by atoms with Crippen molar-refractivity contribution < 1.29 is 22.7 Å². The minimum absolute atomic E-state index is 0.0122. The van der Waals surface area contributed by atoms with E-state index in [4.69, 9.17) is 9.47 Å². The van der Waals surface area contributed by atoms with Crippen LogP contribution >= 0.6 is 0 Å². The summed E-state index contributed by atoms with van der Waals surface area (Å²) >= 11 is 0. The summed E-state index contributed by atoms with van der Waals surface area (Å²) < 4.78 is 39.0. The molecule has 0 radical (unpaired) electrons. The minimum atomic E-state index is -3.71. The van der Waals surface area contributed by atoms with Gasteiger partial charge in [-0.2, -0.15) is 4.31 Å². The SMILES string of the molecule is COc1ccc(OC)c([C@H]2CN(S(=O)(=O)c3ccccc3)C[C@H]2C(=O)N2CCCC2)c1. The van der Waals surface area contributed by atoms with Gasteiger partial charge in [-0.25, -0.2) is 8.42 Å². The van der Waals surface area contributed by atoms with E-state index in [9.17, 15) is 13.2 Å². The number of hydrogen-bond acceptors (Lipinski definition) is 5. The molecule has 2 aromatic carbocycles. The predicted octanol–water partition coefficient (Wildman–Crippen LogP) is 2.73. The van der Waals surface area contributed by atoms with Crippen LogP contribution in [0.3, 0.4) is 0 Å². The molecule has 7 nitrogen and oxygen atoms in total. The lowest BCUT2D eigenvalue weighted by atomic mass is 9.87. The molecule has 2 atom stereocenters. The van der Waals surface area contributed by atoms with E-state index < -0.39 is 15.9 Å². The summed E-state index contributed by atoms with van der Waals surface area (Å²) in [6, 6.07) is 13.8. The van der Waals surface area contributed by atoms with E-state index in [1.807, 2.05) is 11.0 Å². The predicted molar refractivity (Wildman–Crippen MR) is 117 cm³/mol. The fraction of sp³-hybridized carbons (Fsp3) is 0.435. The molecule has 1 amide bonds. The van der Waals surface area contributed by atoms with Gasteiger partial charge in [-0.1, -0.05) is 18.2 Å². The van der Waals surface area contributed by atoms with Crippen LogP contribution in [0.4, 0.5) is 0 Å². The van der Waals surface area contributed by atoms with E-state index in [0.717, 1.165) is 31.5 Å². The standard InChI is InChI=1S/C23H28N2O5S/c1-29-17-10-11-22(30-2)19(14-17)20-15-25(31(27,28)18-8-4-3-5-9-18)16-21(20)23(26)24-12-6-7-13-24/h3-5,8-11,14,20-21H,6-7,12-13,15-16H2,1-2H3/t20-,21-/m1/s1. The Labute approximate surface area is 183 Å². The van der Waals surface area contributed by atoms with Crippen molar-refractivity contribution in [2.24, 2.45) is 5.92 Å². The number of carbonyl (C=O) groups is 1. The van der Waals surface area contributed by atoms with Gasteiger partial charge in [0.2, 0.25) is 15.9 Å². The molecule has 2 aliphatic heterocycles. The highest BCUT2D eigenvalue weighted by Gasteiger charge is 2.46. The third-order valence-electron chi connectivity index (χ3n) is 6.24. The molecule has 2 heterocycles. The first-order valence-corrected chi connectivity index (χ1v) is 12.0. The molecular formula is C23H28N2O5S. The third kappa shape index (κ3) is 4.14. The first kappa shape index (κ1) is 21.6. The fourth-order valence-corrected chi connectivity index (χ4v) is 6.08. The summed E-state index contributed by atoms with van der Waals surface area (Å²) in [5.74, 6) is 0.490. The number of rotatable bonds is 6. The van der Waals surface area contributed by atoms with E-state index >= 15 is 0 Å². The molecule has 2 fully saturated rings. The largest absolute Gasteiger partial charge is 0.497 e. The number of sulfonamides is 1. The highest BCUT2D eigenvalue weighted by molar-refractivity contribution is 7.89. The molecule has 0 spiro atoms. The number of benzene rings is 2. The number of methoxy groups -OCH3 is 2. The monoisotopic (exact) mass is 444 g/mol. The molecule has 2 aliphatic rings. The molecule has 31 heavy (non-hydrogen) atoms. The van der Waals surface area contributed by atoms with E-state index in [-0.39, 0.29) is 29.8 Å². The summed E-state index contributed by atoms with van der Waals surface area (Å²) in [4.78, 5) is 15.5. The van der Waals surface area contributed by atoms with Crippen molar-refractivity contribution in [1.29, 1.82) is 0 Å². The Morgan fingerprint density at radius 2 is 1.68 bits per heavy atom. The molecule has 0 bridgehead atoms. The first-order chi connectivity index (χ1) is 15.0. The summed E-state index contributed by atoms with van der Waals surface area (Å²) in [5, 5.41) is 0. The number of hydrogen-bond donors (Lipinski definition) is 0. The van der Waals surface area contributed by atoms with Crippen LogP contribution in [0.2, 0.25) is 0 Å². The molecule has 0 saturated carbocycles. The van der Waals surface area contributed by atoms with E-state index in [1.165, 1.54) is 4.31 Å². The summed E-state index contributed by atoms with van der Waals surface area (Å²) in [6.07, 6.45) is 1.97. The van der Waals surface area contributed by atoms with Crippen molar-refractivity contribution in [3.63, 3.8) is 0 Å². The second-order valence-electron chi connectivity index (χ2n) is 7.99. The minimum Gasteiger partial charge on any atom is -0.497 e. The van der Waals surface area contributed by atoms with E-state index in [0.29, 0.717) is 11.5 Å². The second kappa shape index (κ2) is 8.88. The highest BCUT2D eigenvalue weighted by atomic mass is 32.2. The Kier molecular flexibility index (Phi) is 6.20. The van der Waals surface area contributed by atoms with Gasteiger partial charge < -0.3 is 14.4 Å². The number of amides is 1. The number of likely N-dealkylation sites (tertiary alicyclic amines) is 1. The number of carbonyl (C=O) groups excluding carboxylic acids is 1. The zero-order valence-electron chi connectivity index (χ0n) is 17.9. The Bertz CT molecular complexity index is 1040. The van der Waals surface area contributed by atoms with Gasteiger partial charge in [0, 0.05) is 37.7 Å². The molecule has 0 unspecified atom stereocenters. The molecular weight excluding hydrogens is 416 g/mol. The van der Waals surface area contributed by atoms with Crippen molar-refractivity contribution in [1.82, 2.24) is 9.21 Å². The van der Waals surface area contributed by atoms with Crippen LogP contribution in [0.1, 0.15) is 24.3 Å². The quantitative estimate of drug-likeness (QED) is 0.685. The van der Waals surface area contributed by atoms with E-state index in [1.54, 1.807) is 56.7 Å². The lowest BCUT2D eigenvalue weighted by molar-refractivity contribution is -0.134. The van der Waals surface area contributed by atoms with Crippen LogP contribution in [0.25, 0.3) is 0 Å². The van der Waals surface area contributed by atoms with Crippen molar-refractivity contribution in [3.05, 3.63) is 54.1 Å². The van der Waals surface area contributed by atoms with Gasteiger partial charge in [-0.05, 0) is 43.2 Å². The molecule has 0 N–H and O–H groups in total. The molecule has 0 aromatic heterocycles. The summed E-state index contributed by atoms with van der Waals surface area (Å²) in [6.45, 7) is 1.81. The molecule has 4 rings (SSSR count). The van der Waals surface area contributed by atoms with Gasteiger partial charge >= 0.3 is 0 Å². The van der Waals surface area contributed by atoms with Crippen LogP contribution in [0.15, 0.2) is 53.4 Å². The smallest absolute Gasteiger partial charge is 0.243 e. The fourth-order valence-electron chi connectivity index (χ4n) is 4.57. The van der Waals surface area contributed by atoms with Gasteiger partial charge in [-0.15, -0.1) is 0 Å². The molecule has 166 valence electrons. The lowest BCUT2D eigenvalue weighted by Gasteiger charge is -2.25. The Morgan fingerprint density at radius 1 is 0.968 bits per heavy atom. The molecule has 0 aliphatic carbocycles. The van der Waals surface area contributed by atoms with Crippen LogP contribution in [-0.4, -0.2) is 63.9 Å². The van der Waals surface area contributed by atoms with Crippen LogP contribution in [-0.2, 0) is 14.8 Å². The first-order valence-electron chi connectivity index (χ1n) is 10.5. The maximum atomic E-state index is 13.4. The van der Waals surface area contributed by atoms with Crippen LogP contribution in [0.5, 0.6) is 11.5 Å². The van der Waals surface area contributed by atoms with Crippen LogP contribution < -0.4 is 9.47 Å². The lowest BCUT2D eigenvalue weighted by Crippen LogP contribution is -2.37. The molecule has 2 saturated heterocycles. The van der Waals surface area contributed by atoms with Gasteiger partial charge in [0.1, 0.15) is 11.5 Å². The number of nitrogens with zero attached hydrogens (tertiary/aromatic N) is 2. The Balaban J connectivity index is 1.73. The van der Waals surface area contributed by atoms with Crippen molar-refractivity contribution in [2.45, 2.75) is 23.7 Å². The van der Waals surface area contributed by atoms with Crippen LogP contribution in [0, 0.1) is 5.92 Å². The summed E-state index contributed by atoms with van der Waals surface area (Å²) in [7, 11) is -0.552. The Hall–Kier alpha value is -2.58. The zero-order chi connectivity index (χ0) is 22.0. The maximum absolute atomic E-state index is 13.4. The normalized spacial score (nSPS) is 21.9. The van der Waals surface area contributed by atoms with Gasteiger partial charge in [-0.3, -0.25) is 4.79 Å². The third-order valence-corrected chi connectivity index (χ3v) is 8.08. The van der Waals surface area contributed by atoms with Crippen molar-refractivity contribution >= 4 is 15.9 Å². The van der Waals surface area contributed by atoms with Gasteiger partial charge in [0.05, 0.1) is 25.0 Å². The zero-order valence-corrected chi connectivity index (χ0v) is 18.7. The maximum Gasteiger partial charge on any atom is 0.243 e. The van der Waals surface area contributed by atoms with E-state index in [2.05, 4.69) is 0 Å². The molecule has 8 heteroatoms. The highest BCUT2D eigenvalue weighted by Crippen LogP contribution is 2.42. The average Bonchev–Trinajstić information content (AvgIpc) is 3.49.